The molecule has 2 aromatic heterocycles. The molecule has 2 heterocycles. The molecule has 0 aliphatic heterocycles. The zero-order chi connectivity index (χ0) is 15.9. The van der Waals surface area contributed by atoms with Gasteiger partial charge >= 0.3 is 0 Å². The molecule has 22 heavy (non-hydrogen) atoms. The number of hydrogen-bond donors (Lipinski definition) is 1. The highest BCUT2D eigenvalue weighted by Crippen LogP contribution is 2.31. The van der Waals surface area contributed by atoms with E-state index in [-0.39, 0.29) is 11.9 Å². The normalized spacial score (nSPS) is 21.3. The van der Waals surface area contributed by atoms with Crippen LogP contribution in [0.15, 0.2) is 16.5 Å². The van der Waals surface area contributed by atoms with E-state index in [0.717, 1.165) is 25.0 Å². The Hall–Kier alpha value is -1.66. The summed E-state index contributed by atoms with van der Waals surface area (Å²) in [4.78, 5) is 19.4. The van der Waals surface area contributed by atoms with E-state index in [1.165, 1.54) is 11.3 Å². The van der Waals surface area contributed by atoms with Crippen molar-refractivity contribution >= 4 is 17.2 Å². The van der Waals surface area contributed by atoms with Crippen LogP contribution in [0.1, 0.15) is 40.4 Å². The summed E-state index contributed by atoms with van der Waals surface area (Å²) in [6, 6.07) is 3.66. The van der Waals surface area contributed by atoms with Crippen LogP contribution < -0.4 is 0 Å². The highest BCUT2D eigenvalue weighted by molar-refractivity contribution is 7.17. The average molecular weight is 320 g/mol. The fraction of sp³-hybridized carbons (Fsp3) is 0.500. The first-order valence-corrected chi connectivity index (χ1v) is 8.28. The summed E-state index contributed by atoms with van der Waals surface area (Å²) < 4.78 is 5.58. The topological polar surface area (TPSA) is 66.6 Å². The van der Waals surface area contributed by atoms with Gasteiger partial charge < -0.3 is 14.4 Å². The SMILES string of the molecule is Cc1ccc(-c2nc(C)c(C(=O)N(C)[C@@H]3CCC[C@H]3O)s2)o1. The molecule has 5 nitrogen and oxygen atoms in total. The quantitative estimate of drug-likeness (QED) is 0.944. The van der Waals surface area contributed by atoms with Gasteiger partial charge in [-0.3, -0.25) is 4.79 Å². The maximum absolute atomic E-state index is 12.7. The van der Waals surface area contributed by atoms with Crippen LogP contribution in [0.3, 0.4) is 0 Å². The number of amides is 1. The third-order valence-corrected chi connectivity index (χ3v) is 5.36. The zero-order valence-corrected chi connectivity index (χ0v) is 13.8. The van der Waals surface area contributed by atoms with Crippen molar-refractivity contribution in [3.05, 3.63) is 28.5 Å². The Labute approximate surface area is 133 Å². The number of hydrogen-bond acceptors (Lipinski definition) is 5. The number of aryl methyl sites for hydroxylation is 2. The van der Waals surface area contributed by atoms with Crippen LogP contribution in [0.25, 0.3) is 10.8 Å². The summed E-state index contributed by atoms with van der Waals surface area (Å²) in [5.74, 6) is 1.44. The predicted molar refractivity (Wildman–Crippen MR) is 85.0 cm³/mol. The van der Waals surface area contributed by atoms with Gasteiger partial charge in [-0.1, -0.05) is 0 Å². The number of aliphatic hydroxyl groups excluding tert-OH is 1. The first-order chi connectivity index (χ1) is 10.5. The Morgan fingerprint density at radius 3 is 2.77 bits per heavy atom. The molecule has 3 rings (SSSR count). The molecule has 1 fully saturated rings. The molecule has 118 valence electrons. The van der Waals surface area contributed by atoms with E-state index in [1.54, 1.807) is 11.9 Å². The van der Waals surface area contributed by atoms with Crippen LogP contribution in [0.2, 0.25) is 0 Å². The van der Waals surface area contributed by atoms with E-state index < -0.39 is 6.10 Å². The first kappa shape index (κ1) is 15.2. The number of likely N-dealkylation sites (N-methyl/N-ethyl adjacent to an activating group) is 1. The molecule has 0 spiro atoms. The number of aliphatic hydroxyl groups is 1. The molecule has 1 N–H and O–H groups in total. The summed E-state index contributed by atoms with van der Waals surface area (Å²) in [5, 5.41) is 10.7. The summed E-state index contributed by atoms with van der Waals surface area (Å²) in [5.41, 5.74) is 0.707. The van der Waals surface area contributed by atoms with Crippen molar-refractivity contribution in [2.24, 2.45) is 0 Å². The molecular formula is C16H20N2O3S. The summed E-state index contributed by atoms with van der Waals surface area (Å²) in [6.45, 7) is 3.72. The number of aromatic nitrogens is 1. The zero-order valence-electron chi connectivity index (χ0n) is 13.0. The number of nitrogens with zero attached hydrogens (tertiary/aromatic N) is 2. The number of rotatable bonds is 3. The molecule has 2 aromatic rings. The minimum atomic E-state index is -0.422. The first-order valence-electron chi connectivity index (χ1n) is 7.47. The van der Waals surface area contributed by atoms with Crippen molar-refractivity contribution in [3.8, 4) is 10.8 Å². The van der Waals surface area contributed by atoms with Crippen LogP contribution in [-0.2, 0) is 0 Å². The Kier molecular flexibility index (Phi) is 4.06. The van der Waals surface area contributed by atoms with Crippen LogP contribution >= 0.6 is 11.3 Å². The lowest BCUT2D eigenvalue weighted by atomic mass is 10.2. The van der Waals surface area contributed by atoms with Gasteiger partial charge in [-0.15, -0.1) is 11.3 Å². The van der Waals surface area contributed by atoms with E-state index in [0.29, 0.717) is 21.3 Å². The van der Waals surface area contributed by atoms with Gasteiger partial charge in [0.1, 0.15) is 10.6 Å². The summed E-state index contributed by atoms with van der Waals surface area (Å²) in [6.07, 6.45) is 2.16. The second kappa shape index (κ2) is 5.85. The maximum Gasteiger partial charge on any atom is 0.265 e. The predicted octanol–water partition coefficient (Wildman–Crippen LogP) is 3.01. The van der Waals surface area contributed by atoms with Crippen LogP contribution in [-0.4, -0.2) is 40.1 Å². The van der Waals surface area contributed by atoms with Crippen LogP contribution in [0.5, 0.6) is 0 Å². The average Bonchev–Trinajstić information content (AvgIpc) is 3.17. The molecule has 0 radical (unpaired) electrons. The van der Waals surface area contributed by atoms with E-state index in [1.807, 2.05) is 26.0 Å². The fourth-order valence-electron chi connectivity index (χ4n) is 2.93. The van der Waals surface area contributed by atoms with Gasteiger partial charge in [0.25, 0.3) is 5.91 Å². The van der Waals surface area contributed by atoms with Gasteiger partial charge in [-0.05, 0) is 45.2 Å². The van der Waals surface area contributed by atoms with E-state index in [4.69, 9.17) is 4.42 Å². The van der Waals surface area contributed by atoms with Crippen molar-refractivity contribution < 1.29 is 14.3 Å². The third-order valence-electron chi connectivity index (χ3n) is 4.20. The van der Waals surface area contributed by atoms with Crippen molar-refractivity contribution in [2.75, 3.05) is 7.05 Å². The molecule has 0 saturated heterocycles. The van der Waals surface area contributed by atoms with E-state index in [9.17, 15) is 9.90 Å². The number of furan rings is 1. The monoisotopic (exact) mass is 320 g/mol. The molecule has 6 heteroatoms. The molecular weight excluding hydrogens is 300 g/mol. The van der Waals surface area contributed by atoms with E-state index >= 15 is 0 Å². The van der Waals surface area contributed by atoms with Gasteiger partial charge in [0.05, 0.1) is 17.8 Å². The molecule has 1 saturated carbocycles. The Bertz CT molecular complexity index is 691. The van der Waals surface area contributed by atoms with Crippen molar-refractivity contribution in [2.45, 2.75) is 45.3 Å². The largest absolute Gasteiger partial charge is 0.459 e. The van der Waals surface area contributed by atoms with Crippen LogP contribution in [0, 0.1) is 13.8 Å². The fourth-order valence-corrected chi connectivity index (χ4v) is 3.94. The molecule has 0 aromatic carbocycles. The summed E-state index contributed by atoms with van der Waals surface area (Å²) in [7, 11) is 1.76. The Morgan fingerprint density at radius 1 is 1.41 bits per heavy atom. The molecule has 0 unspecified atom stereocenters. The Balaban J connectivity index is 1.85. The highest BCUT2D eigenvalue weighted by atomic mass is 32.1. The molecule has 0 bridgehead atoms. The molecule has 1 aliphatic rings. The van der Waals surface area contributed by atoms with Gasteiger partial charge in [0, 0.05) is 7.05 Å². The minimum Gasteiger partial charge on any atom is -0.459 e. The lowest BCUT2D eigenvalue weighted by Gasteiger charge is -2.26. The van der Waals surface area contributed by atoms with Gasteiger partial charge in [0.15, 0.2) is 10.8 Å². The van der Waals surface area contributed by atoms with Gasteiger partial charge in [-0.2, -0.15) is 0 Å². The Morgan fingerprint density at radius 2 is 2.18 bits per heavy atom. The maximum atomic E-state index is 12.7. The third kappa shape index (κ3) is 2.68. The highest BCUT2D eigenvalue weighted by Gasteiger charge is 2.33. The summed E-state index contributed by atoms with van der Waals surface area (Å²) >= 11 is 1.34. The second-order valence-corrected chi connectivity index (χ2v) is 6.82. The van der Waals surface area contributed by atoms with Crippen molar-refractivity contribution in [3.63, 3.8) is 0 Å². The molecule has 2 atom stereocenters. The standard InChI is InChI=1S/C16H20N2O3S/c1-9-7-8-13(21-9)15-17-10(2)14(22-15)16(20)18(3)11-5-4-6-12(11)19/h7-8,11-12,19H,4-6H2,1-3H3/t11-,12-/m1/s1. The number of thiazole rings is 1. The second-order valence-electron chi connectivity index (χ2n) is 5.83. The lowest BCUT2D eigenvalue weighted by Crippen LogP contribution is -2.41. The van der Waals surface area contributed by atoms with E-state index in [2.05, 4.69) is 4.98 Å². The number of carbonyl (C=O) groups excluding carboxylic acids is 1. The molecule has 1 aliphatic carbocycles. The van der Waals surface area contributed by atoms with Crippen molar-refractivity contribution in [1.82, 2.24) is 9.88 Å². The van der Waals surface area contributed by atoms with Gasteiger partial charge in [-0.25, -0.2) is 4.98 Å². The minimum absolute atomic E-state index is 0.0736. The molecule has 1 amide bonds. The van der Waals surface area contributed by atoms with Crippen LogP contribution in [0.4, 0.5) is 0 Å². The number of carbonyl (C=O) groups is 1. The smallest absolute Gasteiger partial charge is 0.265 e. The lowest BCUT2D eigenvalue weighted by molar-refractivity contribution is 0.0542. The van der Waals surface area contributed by atoms with Crippen molar-refractivity contribution in [1.29, 1.82) is 0 Å². The van der Waals surface area contributed by atoms with Gasteiger partial charge in [0.2, 0.25) is 0 Å².